The third-order valence-electron chi connectivity index (χ3n) is 3.22. The Balaban J connectivity index is 1.93. The van der Waals surface area contributed by atoms with E-state index >= 15 is 0 Å². The van der Waals surface area contributed by atoms with E-state index in [1.807, 2.05) is 19.1 Å². The summed E-state index contributed by atoms with van der Waals surface area (Å²) in [5.41, 5.74) is 2.27. The first-order valence-corrected chi connectivity index (χ1v) is 8.25. The Morgan fingerprint density at radius 1 is 1.08 bits per heavy atom. The van der Waals surface area contributed by atoms with E-state index in [0.717, 1.165) is 10.0 Å². The molecule has 130 valence electrons. The zero-order valence-electron chi connectivity index (χ0n) is 13.8. The molecule has 0 aliphatic rings. The van der Waals surface area contributed by atoms with Crippen molar-refractivity contribution in [2.45, 2.75) is 13.8 Å². The zero-order valence-corrected chi connectivity index (χ0v) is 15.3. The lowest BCUT2D eigenvalue weighted by Gasteiger charge is -2.10. The van der Waals surface area contributed by atoms with E-state index in [4.69, 9.17) is 4.74 Å². The third-order valence-corrected chi connectivity index (χ3v) is 3.71. The summed E-state index contributed by atoms with van der Waals surface area (Å²) in [6.07, 6.45) is 0. The first kappa shape index (κ1) is 18.7. The van der Waals surface area contributed by atoms with Crippen molar-refractivity contribution in [2.24, 2.45) is 0 Å². The van der Waals surface area contributed by atoms with Crippen molar-refractivity contribution in [1.29, 1.82) is 0 Å². The topological polar surface area (TPSA) is 84.5 Å². The fourth-order valence-electron chi connectivity index (χ4n) is 2.10. The van der Waals surface area contributed by atoms with Crippen molar-refractivity contribution in [3.63, 3.8) is 0 Å². The van der Waals surface area contributed by atoms with Crippen LogP contribution in [0.15, 0.2) is 46.9 Å². The first-order chi connectivity index (χ1) is 11.8. The van der Waals surface area contributed by atoms with Gasteiger partial charge in [-0.1, -0.05) is 22.0 Å². The number of nitrogens with one attached hydrogen (secondary N) is 2. The Kier molecular flexibility index (Phi) is 6.30. The molecule has 0 saturated heterocycles. The van der Waals surface area contributed by atoms with Crippen LogP contribution in [0.1, 0.15) is 22.8 Å². The maximum atomic E-state index is 12.0. The Bertz CT molecular complexity index is 820. The maximum Gasteiger partial charge on any atom is 0.338 e. The number of anilines is 2. The summed E-state index contributed by atoms with van der Waals surface area (Å²) < 4.78 is 5.92. The summed E-state index contributed by atoms with van der Waals surface area (Å²) in [6.45, 7) is 2.83. The van der Waals surface area contributed by atoms with Gasteiger partial charge >= 0.3 is 5.97 Å². The minimum atomic E-state index is -0.644. The summed E-state index contributed by atoms with van der Waals surface area (Å²) in [5.74, 6) is -1.32. The molecule has 25 heavy (non-hydrogen) atoms. The number of amides is 2. The lowest BCUT2D eigenvalue weighted by molar-refractivity contribution is -0.119. The highest BCUT2D eigenvalue weighted by atomic mass is 79.9. The van der Waals surface area contributed by atoms with Gasteiger partial charge in [-0.05, 0) is 48.9 Å². The molecular weight excluding hydrogens is 388 g/mol. The van der Waals surface area contributed by atoms with Crippen molar-refractivity contribution < 1.29 is 19.1 Å². The van der Waals surface area contributed by atoms with Gasteiger partial charge in [0.1, 0.15) is 0 Å². The predicted octanol–water partition coefficient (Wildman–Crippen LogP) is 3.51. The molecule has 6 nitrogen and oxygen atoms in total. The number of carbonyl (C=O) groups excluding carboxylic acids is 3. The van der Waals surface area contributed by atoms with Gasteiger partial charge in [0.2, 0.25) is 5.91 Å². The normalized spacial score (nSPS) is 10.0. The van der Waals surface area contributed by atoms with E-state index in [2.05, 4.69) is 26.6 Å². The Morgan fingerprint density at radius 2 is 1.84 bits per heavy atom. The van der Waals surface area contributed by atoms with Crippen LogP contribution in [0.5, 0.6) is 0 Å². The molecule has 0 unspecified atom stereocenters. The molecule has 0 atom stereocenters. The van der Waals surface area contributed by atoms with Crippen LogP contribution < -0.4 is 10.6 Å². The van der Waals surface area contributed by atoms with Crippen LogP contribution >= 0.6 is 15.9 Å². The smallest absolute Gasteiger partial charge is 0.338 e. The van der Waals surface area contributed by atoms with Gasteiger partial charge in [0.05, 0.1) is 5.56 Å². The highest BCUT2D eigenvalue weighted by Crippen LogP contribution is 2.20. The van der Waals surface area contributed by atoms with Crippen LogP contribution in [0.25, 0.3) is 0 Å². The van der Waals surface area contributed by atoms with Gasteiger partial charge < -0.3 is 15.4 Å². The molecular formula is C18H17BrN2O4. The first-order valence-electron chi connectivity index (χ1n) is 7.46. The molecule has 0 heterocycles. The molecule has 2 amide bonds. The summed E-state index contributed by atoms with van der Waals surface area (Å²) in [6, 6.07) is 11.7. The number of hydrogen-bond donors (Lipinski definition) is 2. The minimum Gasteiger partial charge on any atom is -0.452 e. The van der Waals surface area contributed by atoms with Crippen LogP contribution in [0.4, 0.5) is 11.4 Å². The SMILES string of the molecule is CC(=O)Nc1cccc(C(=O)OCC(=O)Nc2ccc(Br)cc2C)c1. The van der Waals surface area contributed by atoms with Crippen LogP contribution in [0.2, 0.25) is 0 Å². The molecule has 2 aromatic rings. The fourth-order valence-corrected chi connectivity index (χ4v) is 2.57. The molecule has 0 fully saturated rings. The largest absolute Gasteiger partial charge is 0.452 e. The number of benzene rings is 2. The number of rotatable bonds is 5. The standard InChI is InChI=1S/C18H17BrN2O4/c1-11-8-14(19)6-7-16(11)21-17(23)10-25-18(24)13-4-3-5-15(9-13)20-12(2)22/h3-9H,10H2,1-2H3,(H,20,22)(H,21,23). The van der Waals surface area contributed by atoms with Crippen LogP contribution in [-0.4, -0.2) is 24.4 Å². The van der Waals surface area contributed by atoms with E-state index in [9.17, 15) is 14.4 Å². The van der Waals surface area contributed by atoms with E-state index in [1.165, 1.54) is 13.0 Å². The number of halogens is 1. The van der Waals surface area contributed by atoms with Crippen LogP contribution in [0, 0.1) is 6.92 Å². The second-order valence-electron chi connectivity index (χ2n) is 5.35. The summed E-state index contributed by atoms with van der Waals surface area (Å²) in [5, 5.41) is 5.27. The van der Waals surface area contributed by atoms with Crippen molar-refractivity contribution in [3.8, 4) is 0 Å². The maximum absolute atomic E-state index is 12.0. The number of hydrogen-bond acceptors (Lipinski definition) is 4. The zero-order chi connectivity index (χ0) is 18.4. The van der Waals surface area contributed by atoms with Crippen molar-refractivity contribution in [2.75, 3.05) is 17.2 Å². The van der Waals surface area contributed by atoms with E-state index in [1.54, 1.807) is 24.3 Å². The molecule has 7 heteroatoms. The third kappa shape index (κ3) is 5.72. The van der Waals surface area contributed by atoms with Gasteiger partial charge in [-0.25, -0.2) is 4.79 Å². The molecule has 0 aliphatic carbocycles. The number of carbonyl (C=O) groups is 3. The number of esters is 1. The number of aryl methyl sites for hydroxylation is 1. The van der Waals surface area contributed by atoms with E-state index < -0.39 is 18.5 Å². The quantitative estimate of drug-likeness (QED) is 0.746. The van der Waals surface area contributed by atoms with Crippen LogP contribution in [0.3, 0.4) is 0 Å². The van der Waals surface area contributed by atoms with E-state index in [0.29, 0.717) is 11.4 Å². The van der Waals surface area contributed by atoms with Gasteiger partial charge in [0, 0.05) is 22.8 Å². The summed E-state index contributed by atoms with van der Waals surface area (Å²) >= 11 is 3.35. The van der Waals surface area contributed by atoms with Gasteiger partial charge in [-0.15, -0.1) is 0 Å². The highest BCUT2D eigenvalue weighted by Gasteiger charge is 2.12. The molecule has 0 saturated carbocycles. The molecule has 2 N–H and O–H groups in total. The van der Waals surface area contributed by atoms with Gasteiger partial charge in [0.25, 0.3) is 5.91 Å². The van der Waals surface area contributed by atoms with Gasteiger partial charge in [-0.3, -0.25) is 9.59 Å². The van der Waals surface area contributed by atoms with E-state index in [-0.39, 0.29) is 11.5 Å². The minimum absolute atomic E-state index is 0.241. The Labute approximate surface area is 153 Å². The average molecular weight is 405 g/mol. The second kappa shape index (κ2) is 8.43. The fraction of sp³-hybridized carbons (Fsp3) is 0.167. The van der Waals surface area contributed by atoms with Crippen LogP contribution in [-0.2, 0) is 14.3 Å². The summed E-state index contributed by atoms with van der Waals surface area (Å²) in [4.78, 5) is 35.0. The molecule has 2 aromatic carbocycles. The molecule has 0 radical (unpaired) electrons. The lowest BCUT2D eigenvalue weighted by atomic mass is 10.2. The molecule has 0 aliphatic heterocycles. The second-order valence-corrected chi connectivity index (χ2v) is 6.26. The van der Waals surface area contributed by atoms with Gasteiger partial charge in [-0.2, -0.15) is 0 Å². The summed E-state index contributed by atoms with van der Waals surface area (Å²) in [7, 11) is 0. The van der Waals surface area contributed by atoms with Crippen molar-refractivity contribution in [3.05, 3.63) is 58.1 Å². The van der Waals surface area contributed by atoms with Gasteiger partial charge in [0.15, 0.2) is 6.61 Å². The monoisotopic (exact) mass is 404 g/mol. The predicted molar refractivity (Wildman–Crippen MR) is 98.5 cm³/mol. The highest BCUT2D eigenvalue weighted by molar-refractivity contribution is 9.10. The lowest BCUT2D eigenvalue weighted by Crippen LogP contribution is -2.21. The molecule has 0 bridgehead atoms. The number of ether oxygens (including phenoxy) is 1. The molecule has 0 aromatic heterocycles. The molecule has 2 rings (SSSR count). The van der Waals surface area contributed by atoms with Crippen molar-refractivity contribution in [1.82, 2.24) is 0 Å². The average Bonchev–Trinajstić information content (AvgIpc) is 2.55. The van der Waals surface area contributed by atoms with Crippen molar-refractivity contribution >= 4 is 45.1 Å². The Morgan fingerprint density at radius 3 is 2.52 bits per heavy atom. The molecule has 0 spiro atoms. The Hall–Kier alpha value is -2.67.